The highest BCUT2D eigenvalue weighted by molar-refractivity contribution is 7.98. The Hall–Kier alpha value is -2.27. The van der Waals surface area contributed by atoms with Crippen molar-refractivity contribution in [1.82, 2.24) is 9.55 Å². The summed E-state index contributed by atoms with van der Waals surface area (Å²) in [4.78, 5) is 17.7. The van der Waals surface area contributed by atoms with Crippen LogP contribution in [-0.4, -0.2) is 22.3 Å². The maximum atomic E-state index is 12.2. The minimum atomic E-state index is -0.342. The quantitative estimate of drug-likeness (QED) is 0.462. The molecule has 0 N–H and O–H groups in total. The number of thioether (sulfide) groups is 1. The van der Waals surface area contributed by atoms with E-state index in [1.165, 1.54) is 10.1 Å². The van der Waals surface area contributed by atoms with Crippen molar-refractivity contribution >= 4 is 28.9 Å². The molecule has 2 heterocycles. The maximum Gasteiger partial charge on any atom is 0.418 e. The zero-order valence-corrected chi connectivity index (χ0v) is 14.5. The second kappa shape index (κ2) is 8.02. The van der Waals surface area contributed by atoms with Gasteiger partial charge in [0.1, 0.15) is 0 Å². The summed E-state index contributed by atoms with van der Waals surface area (Å²) in [5, 5.41) is 0. The number of pyridine rings is 1. The van der Waals surface area contributed by atoms with Crippen LogP contribution >= 0.6 is 11.8 Å². The summed E-state index contributed by atoms with van der Waals surface area (Å²) in [7, 11) is 0. The van der Waals surface area contributed by atoms with E-state index >= 15 is 0 Å². The lowest BCUT2D eigenvalue weighted by Crippen LogP contribution is -2.13. The molecule has 124 valence electrons. The molecule has 0 aliphatic heterocycles. The third-order valence-electron chi connectivity index (χ3n) is 3.68. The molecular weight excluding hydrogens is 320 g/mol. The second-order valence-electron chi connectivity index (χ2n) is 5.50. The summed E-state index contributed by atoms with van der Waals surface area (Å²) in [5.41, 5.74) is 2.85. The molecule has 0 aliphatic carbocycles. The van der Waals surface area contributed by atoms with Gasteiger partial charge in [0.25, 0.3) is 0 Å². The number of unbranched alkanes of at least 4 members (excludes halogenated alkanes) is 1. The Morgan fingerprint density at radius 3 is 2.88 bits per heavy atom. The lowest BCUT2D eigenvalue weighted by molar-refractivity contribution is 0.147. The number of hydrogen-bond donors (Lipinski definition) is 0. The van der Waals surface area contributed by atoms with Gasteiger partial charge in [-0.1, -0.05) is 43.7 Å². The molecule has 0 atom stereocenters. The van der Waals surface area contributed by atoms with Gasteiger partial charge in [0, 0.05) is 23.0 Å². The minimum absolute atomic E-state index is 0.342. The van der Waals surface area contributed by atoms with Crippen LogP contribution in [0, 0.1) is 0 Å². The number of benzene rings is 1. The third-order valence-corrected chi connectivity index (χ3v) is 4.72. The van der Waals surface area contributed by atoms with E-state index in [4.69, 9.17) is 4.74 Å². The molecule has 3 rings (SSSR count). The number of hydrogen-bond acceptors (Lipinski definition) is 4. The molecule has 5 heteroatoms. The van der Waals surface area contributed by atoms with Gasteiger partial charge in [0.2, 0.25) is 0 Å². The normalized spacial score (nSPS) is 10.9. The van der Waals surface area contributed by atoms with Crippen LogP contribution < -0.4 is 0 Å². The first kappa shape index (κ1) is 16.6. The topological polar surface area (TPSA) is 44.1 Å². The van der Waals surface area contributed by atoms with Crippen LogP contribution in [0.5, 0.6) is 0 Å². The van der Waals surface area contributed by atoms with Crippen LogP contribution in [0.3, 0.4) is 0 Å². The summed E-state index contributed by atoms with van der Waals surface area (Å²) in [5.74, 6) is 0.871. The van der Waals surface area contributed by atoms with Gasteiger partial charge in [-0.15, -0.1) is 11.8 Å². The Kier molecular flexibility index (Phi) is 5.54. The van der Waals surface area contributed by atoms with Gasteiger partial charge in [-0.3, -0.25) is 9.55 Å². The van der Waals surface area contributed by atoms with Crippen molar-refractivity contribution in [2.75, 3.05) is 6.61 Å². The molecule has 0 amide bonds. The molecule has 0 spiro atoms. The lowest BCUT2D eigenvalue weighted by Gasteiger charge is -2.07. The summed E-state index contributed by atoms with van der Waals surface area (Å²) in [6, 6.07) is 14.1. The molecule has 0 bridgehead atoms. The first-order chi connectivity index (χ1) is 11.8. The van der Waals surface area contributed by atoms with Crippen LogP contribution in [0.4, 0.5) is 4.79 Å². The monoisotopic (exact) mass is 340 g/mol. The molecule has 0 saturated carbocycles. The zero-order chi connectivity index (χ0) is 16.8. The Bertz CT molecular complexity index is 815. The van der Waals surface area contributed by atoms with E-state index in [0.29, 0.717) is 6.61 Å². The van der Waals surface area contributed by atoms with E-state index in [1.54, 1.807) is 18.0 Å². The Balaban J connectivity index is 1.74. The summed E-state index contributed by atoms with van der Waals surface area (Å²) < 4.78 is 6.83. The fourth-order valence-corrected chi connectivity index (χ4v) is 3.19. The molecule has 0 fully saturated rings. The standard InChI is InChI=1S/C19H20N2O2S/c1-2-3-11-23-19(22)21-10-9-17-18(21)12-16(13-20-17)24-14-15-7-5-4-6-8-15/h4-10,12-13H,2-3,11,14H2,1H3. The number of ether oxygens (including phenoxy) is 1. The van der Waals surface area contributed by atoms with Gasteiger partial charge < -0.3 is 4.74 Å². The van der Waals surface area contributed by atoms with Gasteiger partial charge in [-0.05, 0) is 24.1 Å². The van der Waals surface area contributed by atoms with Crippen LogP contribution in [0.1, 0.15) is 25.3 Å². The highest BCUT2D eigenvalue weighted by Gasteiger charge is 2.11. The SMILES string of the molecule is CCCCOC(=O)n1ccc2ncc(SCc3ccccc3)cc21. The van der Waals surface area contributed by atoms with Gasteiger partial charge in [0.15, 0.2) is 0 Å². The van der Waals surface area contributed by atoms with E-state index in [1.807, 2.05) is 36.5 Å². The smallest absolute Gasteiger partial charge is 0.418 e. The minimum Gasteiger partial charge on any atom is -0.449 e. The second-order valence-corrected chi connectivity index (χ2v) is 6.55. The highest BCUT2D eigenvalue weighted by Crippen LogP contribution is 2.25. The third kappa shape index (κ3) is 3.97. The van der Waals surface area contributed by atoms with Gasteiger partial charge in [-0.25, -0.2) is 4.79 Å². The number of nitrogens with zero attached hydrogens (tertiary/aromatic N) is 2. The molecular formula is C19H20N2O2S. The Morgan fingerprint density at radius 1 is 1.25 bits per heavy atom. The molecule has 0 unspecified atom stereocenters. The predicted molar refractivity (Wildman–Crippen MR) is 97.4 cm³/mol. The van der Waals surface area contributed by atoms with Crippen molar-refractivity contribution in [3.8, 4) is 0 Å². The molecule has 0 saturated heterocycles. The molecule has 3 aromatic rings. The number of carbonyl (C=O) groups excluding carboxylic acids is 1. The van der Waals surface area contributed by atoms with Crippen LogP contribution in [0.25, 0.3) is 11.0 Å². The molecule has 2 aromatic heterocycles. The molecule has 0 aliphatic rings. The predicted octanol–water partition coefficient (Wildman–Crippen LogP) is 5.11. The number of fused-ring (bicyclic) bond motifs is 1. The Morgan fingerprint density at radius 2 is 2.08 bits per heavy atom. The summed E-state index contributed by atoms with van der Waals surface area (Å²) >= 11 is 1.71. The zero-order valence-electron chi connectivity index (χ0n) is 13.6. The van der Waals surface area contributed by atoms with Gasteiger partial charge in [0.05, 0.1) is 17.6 Å². The Labute approximate surface area is 145 Å². The maximum absolute atomic E-state index is 12.2. The van der Waals surface area contributed by atoms with E-state index < -0.39 is 0 Å². The van der Waals surface area contributed by atoms with Crippen molar-refractivity contribution < 1.29 is 9.53 Å². The van der Waals surface area contributed by atoms with Crippen molar-refractivity contribution in [2.24, 2.45) is 0 Å². The van der Waals surface area contributed by atoms with Gasteiger partial charge in [-0.2, -0.15) is 0 Å². The molecule has 24 heavy (non-hydrogen) atoms. The number of rotatable bonds is 6. The summed E-state index contributed by atoms with van der Waals surface area (Å²) in [6.07, 6.45) is 5.11. The number of carbonyl (C=O) groups is 1. The number of aromatic nitrogens is 2. The fourth-order valence-electron chi connectivity index (χ4n) is 2.34. The molecule has 4 nitrogen and oxygen atoms in total. The van der Waals surface area contributed by atoms with Crippen molar-refractivity contribution in [3.63, 3.8) is 0 Å². The van der Waals surface area contributed by atoms with Crippen LogP contribution in [-0.2, 0) is 10.5 Å². The van der Waals surface area contributed by atoms with E-state index in [-0.39, 0.29) is 6.09 Å². The van der Waals surface area contributed by atoms with Crippen molar-refractivity contribution in [2.45, 2.75) is 30.4 Å². The average molecular weight is 340 g/mol. The van der Waals surface area contributed by atoms with Crippen molar-refractivity contribution in [3.05, 3.63) is 60.4 Å². The first-order valence-electron chi connectivity index (χ1n) is 8.09. The molecule has 1 aromatic carbocycles. The van der Waals surface area contributed by atoms with Crippen molar-refractivity contribution in [1.29, 1.82) is 0 Å². The van der Waals surface area contributed by atoms with E-state index in [0.717, 1.165) is 34.5 Å². The van der Waals surface area contributed by atoms with Crippen LogP contribution in [0.2, 0.25) is 0 Å². The summed E-state index contributed by atoms with van der Waals surface area (Å²) in [6.45, 7) is 2.52. The lowest BCUT2D eigenvalue weighted by atomic mass is 10.2. The van der Waals surface area contributed by atoms with Crippen LogP contribution in [0.15, 0.2) is 59.8 Å². The van der Waals surface area contributed by atoms with E-state index in [2.05, 4.69) is 24.0 Å². The average Bonchev–Trinajstić information content (AvgIpc) is 3.04. The van der Waals surface area contributed by atoms with E-state index in [9.17, 15) is 4.79 Å². The first-order valence-corrected chi connectivity index (χ1v) is 9.07. The fraction of sp³-hybridized carbons (Fsp3) is 0.263. The molecule has 0 radical (unpaired) electrons. The van der Waals surface area contributed by atoms with Gasteiger partial charge >= 0.3 is 6.09 Å². The highest BCUT2D eigenvalue weighted by atomic mass is 32.2. The largest absolute Gasteiger partial charge is 0.449 e.